The van der Waals surface area contributed by atoms with Crippen LogP contribution in [0.15, 0.2) is 71.2 Å². The molecule has 10 heteroatoms. The van der Waals surface area contributed by atoms with Crippen LogP contribution in [-0.2, 0) is 9.59 Å². The van der Waals surface area contributed by atoms with Gasteiger partial charge in [0, 0.05) is 15.6 Å². The van der Waals surface area contributed by atoms with E-state index in [4.69, 9.17) is 14.2 Å². The number of hydrogen-bond acceptors (Lipinski definition) is 7. The quantitative estimate of drug-likeness (QED) is 0.420. The summed E-state index contributed by atoms with van der Waals surface area (Å²) in [7, 11) is 3.03. The number of amides is 3. The molecule has 0 unspecified atom stereocenters. The molecule has 0 bridgehead atoms. The van der Waals surface area contributed by atoms with Gasteiger partial charge in [0.05, 0.1) is 38.5 Å². The fraction of sp³-hybridized carbons (Fsp3) is 0.250. The van der Waals surface area contributed by atoms with E-state index in [1.807, 2.05) is 6.92 Å². The Balaban J connectivity index is 1.59. The van der Waals surface area contributed by atoms with Gasteiger partial charge in [0.25, 0.3) is 11.8 Å². The number of methoxy groups -OCH3 is 2. The van der Waals surface area contributed by atoms with Crippen LogP contribution in [0.5, 0.6) is 17.2 Å². The normalized spacial score (nSPS) is 20.5. The molecule has 3 aromatic rings. The minimum Gasteiger partial charge on any atom is -0.494 e. The molecule has 3 aromatic carbocycles. The molecule has 2 fully saturated rings. The maximum atomic E-state index is 13.9. The van der Waals surface area contributed by atoms with E-state index in [1.165, 1.54) is 19.2 Å². The summed E-state index contributed by atoms with van der Waals surface area (Å²) in [5.74, 6) is -0.724. The van der Waals surface area contributed by atoms with Crippen LogP contribution >= 0.6 is 15.9 Å². The molecule has 196 valence electrons. The van der Waals surface area contributed by atoms with E-state index < -0.39 is 35.7 Å². The van der Waals surface area contributed by atoms with E-state index in [9.17, 15) is 14.4 Å². The standard InChI is InChI=1S/C28H26BrN3O6/c1-4-38-19-13-11-18(12-14-19)31-27(34)22-23(20-9-6-10-21(36-2)25(20)37-3)30-32(24(22)28(31)35)26(33)16-7-5-8-17(29)15-16/h5-15,22-24,30H,4H2,1-3H3/t22-,23+,24-/m1/s1. The summed E-state index contributed by atoms with van der Waals surface area (Å²) in [6.07, 6.45) is 0. The zero-order valence-corrected chi connectivity index (χ0v) is 22.6. The molecule has 38 heavy (non-hydrogen) atoms. The first kappa shape index (κ1) is 25.7. The van der Waals surface area contributed by atoms with E-state index in [1.54, 1.807) is 66.7 Å². The fourth-order valence-electron chi connectivity index (χ4n) is 5.06. The van der Waals surface area contributed by atoms with Crippen LogP contribution in [-0.4, -0.2) is 49.6 Å². The van der Waals surface area contributed by atoms with E-state index >= 15 is 0 Å². The highest BCUT2D eigenvalue weighted by Crippen LogP contribution is 2.46. The van der Waals surface area contributed by atoms with Crippen molar-refractivity contribution in [3.63, 3.8) is 0 Å². The van der Waals surface area contributed by atoms with Gasteiger partial charge >= 0.3 is 0 Å². The molecule has 2 aliphatic heterocycles. The van der Waals surface area contributed by atoms with Crippen molar-refractivity contribution in [2.45, 2.75) is 19.0 Å². The van der Waals surface area contributed by atoms with Crippen molar-refractivity contribution in [1.29, 1.82) is 0 Å². The number of fused-ring (bicyclic) bond motifs is 1. The van der Waals surface area contributed by atoms with E-state index in [0.29, 0.717) is 40.7 Å². The Hall–Kier alpha value is -3.89. The summed E-state index contributed by atoms with van der Waals surface area (Å²) in [4.78, 5) is 42.6. The Morgan fingerprint density at radius 1 is 0.974 bits per heavy atom. The Morgan fingerprint density at radius 3 is 2.37 bits per heavy atom. The molecule has 0 saturated carbocycles. The number of halogens is 1. The lowest BCUT2D eigenvalue weighted by Crippen LogP contribution is -2.48. The van der Waals surface area contributed by atoms with Crippen molar-refractivity contribution in [2.75, 3.05) is 25.7 Å². The molecule has 9 nitrogen and oxygen atoms in total. The Labute approximate surface area is 228 Å². The van der Waals surface area contributed by atoms with Crippen molar-refractivity contribution in [2.24, 2.45) is 5.92 Å². The van der Waals surface area contributed by atoms with Crippen LogP contribution in [0.3, 0.4) is 0 Å². The van der Waals surface area contributed by atoms with Crippen LogP contribution in [0.25, 0.3) is 0 Å². The molecule has 5 rings (SSSR count). The number of ether oxygens (including phenoxy) is 3. The lowest BCUT2D eigenvalue weighted by molar-refractivity contribution is -0.123. The Bertz CT molecular complexity index is 1400. The largest absolute Gasteiger partial charge is 0.494 e. The number of para-hydroxylation sites is 1. The minimum atomic E-state index is -1.07. The summed E-state index contributed by atoms with van der Waals surface area (Å²) in [6.45, 7) is 2.37. The first-order valence-corrected chi connectivity index (χ1v) is 12.9. The number of rotatable bonds is 7. The third kappa shape index (κ3) is 4.29. The van der Waals surface area contributed by atoms with Crippen LogP contribution in [0.4, 0.5) is 5.69 Å². The Morgan fingerprint density at radius 2 is 1.71 bits per heavy atom. The van der Waals surface area contributed by atoms with E-state index in [2.05, 4.69) is 21.4 Å². The minimum absolute atomic E-state index is 0.364. The number of carbonyl (C=O) groups excluding carboxylic acids is 3. The lowest BCUT2D eigenvalue weighted by Gasteiger charge is -2.26. The van der Waals surface area contributed by atoms with Gasteiger partial charge in [-0.25, -0.2) is 10.3 Å². The van der Waals surface area contributed by atoms with Gasteiger partial charge in [0.15, 0.2) is 11.5 Å². The predicted molar refractivity (Wildman–Crippen MR) is 143 cm³/mol. The fourth-order valence-corrected chi connectivity index (χ4v) is 5.46. The van der Waals surface area contributed by atoms with Crippen molar-refractivity contribution in [3.05, 3.63) is 82.3 Å². The van der Waals surface area contributed by atoms with Crippen LogP contribution in [0.2, 0.25) is 0 Å². The van der Waals surface area contributed by atoms with Gasteiger partial charge in [-0.3, -0.25) is 19.4 Å². The van der Waals surface area contributed by atoms with Crippen LogP contribution in [0.1, 0.15) is 28.9 Å². The zero-order chi connectivity index (χ0) is 27.0. The molecular weight excluding hydrogens is 554 g/mol. The SMILES string of the molecule is CCOc1ccc(N2C(=O)[C@@H]3[C@H](c4cccc(OC)c4OC)NN(C(=O)c4cccc(Br)c4)[C@H]3C2=O)cc1. The summed E-state index contributed by atoms with van der Waals surface area (Å²) in [5.41, 5.74) is 4.53. The maximum Gasteiger partial charge on any atom is 0.268 e. The average Bonchev–Trinajstić information content (AvgIpc) is 3.44. The highest BCUT2D eigenvalue weighted by atomic mass is 79.9. The molecule has 0 aliphatic carbocycles. The van der Waals surface area contributed by atoms with Crippen molar-refractivity contribution < 1.29 is 28.6 Å². The van der Waals surface area contributed by atoms with E-state index in [-0.39, 0.29) is 0 Å². The summed E-state index contributed by atoms with van der Waals surface area (Å²) in [6, 6.07) is 17.1. The maximum absolute atomic E-state index is 13.9. The molecule has 0 radical (unpaired) electrons. The molecule has 0 aromatic heterocycles. The van der Waals surface area contributed by atoms with Crippen LogP contribution in [0, 0.1) is 5.92 Å². The van der Waals surface area contributed by atoms with Crippen molar-refractivity contribution in [1.82, 2.24) is 10.4 Å². The van der Waals surface area contributed by atoms with Crippen molar-refractivity contribution in [3.8, 4) is 17.2 Å². The number of nitrogens with zero attached hydrogens (tertiary/aromatic N) is 2. The summed E-state index contributed by atoms with van der Waals surface area (Å²) >= 11 is 3.40. The lowest BCUT2D eigenvalue weighted by atomic mass is 9.90. The molecular formula is C28H26BrN3O6. The number of hydrazine groups is 1. The van der Waals surface area contributed by atoms with Gasteiger partial charge in [0.1, 0.15) is 11.8 Å². The molecule has 2 heterocycles. The highest BCUT2D eigenvalue weighted by Gasteiger charge is 2.61. The van der Waals surface area contributed by atoms with Crippen molar-refractivity contribution >= 4 is 39.3 Å². The first-order valence-electron chi connectivity index (χ1n) is 12.1. The molecule has 2 aliphatic rings. The van der Waals surface area contributed by atoms with Gasteiger partial charge in [0.2, 0.25) is 5.91 Å². The number of nitrogens with one attached hydrogen (secondary N) is 1. The molecule has 1 N–H and O–H groups in total. The first-order chi connectivity index (χ1) is 18.4. The molecule has 3 amide bonds. The van der Waals surface area contributed by atoms with Gasteiger partial charge in [-0.15, -0.1) is 0 Å². The van der Waals surface area contributed by atoms with E-state index in [0.717, 1.165) is 9.37 Å². The highest BCUT2D eigenvalue weighted by molar-refractivity contribution is 9.10. The Kier molecular flexibility index (Phi) is 7.09. The summed E-state index contributed by atoms with van der Waals surface area (Å²) in [5, 5.41) is 1.27. The number of benzene rings is 3. The van der Waals surface area contributed by atoms with Crippen LogP contribution < -0.4 is 24.5 Å². The number of hydrogen-bond donors (Lipinski definition) is 1. The second-order valence-corrected chi connectivity index (χ2v) is 9.70. The monoisotopic (exact) mass is 579 g/mol. The van der Waals surface area contributed by atoms with Gasteiger partial charge in [-0.05, 0) is 55.5 Å². The third-order valence-electron chi connectivity index (χ3n) is 6.70. The van der Waals surface area contributed by atoms with Gasteiger partial charge < -0.3 is 14.2 Å². The smallest absolute Gasteiger partial charge is 0.268 e. The second-order valence-electron chi connectivity index (χ2n) is 8.78. The topological polar surface area (TPSA) is 97.4 Å². The average molecular weight is 580 g/mol. The number of imide groups is 1. The molecule has 3 atom stereocenters. The molecule has 2 saturated heterocycles. The second kappa shape index (κ2) is 10.5. The van der Waals surface area contributed by atoms with Gasteiger partial charge in [-0.1, -0.05) is 34.1 Å². The number of carbonyl (C=O) groups is 3. The predicted octanol–water partition coefficient (Wildman–Crippen LogP) is 4.12. The molecule has 0 spiro atoms. The van der Waals surface area contributed by atoms with Gasteiger partial charge in [-0.2, -0.15) is 0 Å². The number of anilines is 1. The summed E-state index contributed by atoms with van der Waals surface area (Å²) < 4.78 is 17.3. The third-order valence-corrected chi connectivity index (χ3v) is 7.19. The zero-order valence-electron chi connectivity index (χ0n) is 21.0.